The number of nitrogens with zero attached hydrogens (tertiary/aromatic N) is 4. The van der Waals surface area contributed by atoms with E-state index in [0.717, 1.165) is 24.2 Å². The van der Waals surface area contributed by atoms with Gasteiger partial charge in [-0.1, -0.05) is 0 Å². The number of hydrogen-bond acceptors (Lipinski definition) is 5. The molecule has 112 valence electrons. The standard InChI is InChI=1S/C15H21N5O/c1-15(2,21)9-5-10(6-9)20-14-12(13(16)19-20)17-7-11(18-14)8-3-4-8/h7-10,21H,3-6H2,1-2H3,(H2,16,19). The van der Waals surface area contributed by atoms with Gasteiger partial charge in [-0.2, -0.15) is 5.10 Å². The van der Waals surface area contributed by atoms with E-state index in [4.69, 9.17) is 10.7 Å². The molecule has 2 aliphatic carbocycles. The lowest BCUT2D eigenvalue weighted by Crippen LogP contribution is -2.41. The van der Waals surface area contributed by atoms with E-state index in [0.29, 0.717) is 23.2 Å². The van der Waals surface area contributed by atoms with Crippen LogP contribution in [0.15, 0.2) is 6.20 Å². The van der Waals surface area contributed by atoms with E-state index in [-0.39, 0.29) is 6.04 Å². The fraction of sp³-hybridized carbons (Fsp3) is 0.667. The Morgan fingerprint density at radius 1 is 1.33 bits per heavy atom. The molecule has 6 nitrogen and oxygen atoms in total. The number of rotatable bonds is 3. The van der Waals surface area contributed by atoms with E-state index in [2.05, 4.69) is 10.1 Å². The van der Waals surface area contributed by atoms with Crippen molar-refractivity contribution in [3.05, 3.63) is 11.9 Å². The van der Waals surface area contributed by atoms with Crippen LogP contribution in [0.2, 0.25) is 0 Å². The molecule has 0 bridgehead atoms. The van der Waals surface area contributed by atoms with Crippen LogP contribution in [0.4, 0.5) is 5.82 Å². The third-order valence-electron chi connectivity index (χ3n) is 4.90. The number of aliphatic hydroxyl groups is 1. The maximum Gasteiger partial charge on any atom is 0.179 e. The van der Waals surface area contributed by atoms with Crippen LogP contribution in [0.1, 0.15) is 57.2 Å². The smallest absolute Gasteiger partial charge is 0.179 e. The Kier molecular flexibility index (Phi) is 2.58. The summed E-state index contributed by atoms with van der Waals surface area (Å²) in [6.45, 7) is 3.74. The third-order valence-corrected chi connectivity index (χ3v) is 4.90. The monoisotopic (exact) mass is 287 g/mol. The van der Waals surface area contributed by atoms with Gasteiger partial charge < -0.3 is 10.8 Å². The van der Waals surface area contributed by atoms with E-state index >= 15 is 0 Å². The van der Waals surface area contributed by atoms with Gasteiger partial charge in [-0.05, 0) is 45.4 Å². The lowest BCUT2D eigenvalue weighted by Gasteiger charge is -2.42. The Hall–Kier alpha value is -1.69. The summed E-state index contributed by atoms with van der Waals surface area (Å²) in [5.41, 5.74) is 7.90. The minimum Gasteiger partial charge on any atom is -0.390 e. The van der Waals surface area contributed by atoms with Crippen LogP contribution in [0.5, 0.6) is 0 Å². The normalized spacial score (nSPS) is 26.0. The molecule has 6 heteroatoms. The first-order chi connectivity index (χ1) is 9.93. The number of fused-ring (bicyclic) bond motifs is 1. The van der Waals surface area contributed by atoms with E-state index in [9.17, 15) is 5.11 Å². The summed E-state index contributed by atoms with van der Waals surface area (Å²) in [7, 11) is 0. The molecule has 0 atom stereocenters. The highest BCUT2D eigenvalue weighted by molar-refractivity contribution is 5.82. The molecular weight excluding hydrogens is 266 g/mol. The second kappa shape index (κ2) is 4.16. The molecule has 0 aromatic carbocycles. The molecular formula is C15H21N5O. The largest absolute Gasteiger partial charge is 0.390 e. The zero-order valence-electron chi connectivity index (χ0n) is 12.5. The molecule has 3 N–H and O–H groups in total. The zero-order chi connectivity index (χ0) is 14.8. The predicted octanol–water partition coefficient (Wildman–Crippen LogP) is 2.01. The van der Waals surface area contributed by atoms with Gasteiger partial charge in [0.15, 0.2) is 17.0 Å². The number of anilines is 1. The summed E-state index contributed by atoms with van der Waals surface area (Å²) in [6, 6.07) is 0.268. The summed E-state index contributed by atoms with van der Waals surface area (Å²) >= 11 is 0. The fourth-order valence-electron chi connectivity index (χ4n) is 3.14. The molecule has 2 aromatic rings. The van der Waals surface area contributed by atoms with Gasteiger partial charge >= 0.3 is 0 Å². The summed E-state index contributed by atoms with van der Waals surface area (Å²) < 4.78 is 1.92. The Labute approximate surface area is 123 Å². The molecule has 2 aliphatic rings. The molecule has 2 aromatic heterocycles. The first-order valence-corrected chi connectivity index (χ1v) is 7.66. The van der Waals surface area contributed by atoms with Crippen LogP contribution in [-0.2, 0) is 0 Å². The van der Waals surface area contributed by atoms with Crippen LogP contribution >= 0.6 is 0 Å². The highest BCUT2D eigenvalue weighted by atomic mass is 16.3. The van der Waals surface area contributed by atoms with Gasteiger partial charge in [0.2, 0.25) is 0 Å². The molecule has 2 fully saturated rings. The molecule has 0 amide bonds. The van der Waals surface area contributed by atoms with Crippen molar-refractivity contribution in [2.75, 3.05) is 5.73 Å². The highest BCUT2D eigenvalue weighted by Gasteiger charge is 2.41. The van der Waals surface area contributed by atoms with Crippen LogP contribution in [0.25, 0.3) is 11.2 Å². The second-order valence-corrected chi connectivity index (χ2v) is 7.05. The lowest BCUT2D eigenvalue weighted by atomic mass is 9.71. The minimum atomic E-state index is -0.629. The third kappa shape index (κ3) is 2.09. The van der Waals surface area contributed by atoms with Gasteiger partial charge in [0.05, 0.1) is 17.3 Å². The van der Waals surface area contributed by atoms with Gasteiger partial charge in [0, 0.05) is 12.1 Å². The van der Waals surface area contributed by atoms with Gasteiger partial charge in [0.25, 0.3) is 0 Å². The van der Waals surface area contributed by atoms with Gasteiger partial charge in [0.1, 0.15) is 0 Å². The van der Waals surface area contributed by atoms with E-state index in [1.165, 1.54) is 12.8 Å². The number of hydrogen-bond donors (Lipinski definition) is 2. The summed E-state index contributed by atoms with van der Waals surface area (Å²) in [6.07, 6.45) is 6.06. The predicted molar refractivity (Wildman–Crippen MR) is 79.8 cm³/mol. The van der Waals surface area contributed by atoms with Crippen molar-refractivity contribution in [3.8, 4) is 0 Å². The Balaban J connectivity index is 1.67. The molecule has 0 aliphatic heterocycles. The quantitative estimate of drug-likeness (QED) is 0.901. The number of aromatic nitrogens is 4. The molecule has 0 spiro atoms. The maximum absolute atomic E-state index is 10.1. The Morgan fingerprint density at radius 2 is 2.05 bits per heavy atom. The number of nitrogen functional groups attached to an aromatic ring is 1. The molecule has 21 heavy (non-hydrogen) atoms. The zero-order valence-corrected chi connectivity index (χ0v) is 12.5. The first-order valence-electron chi connectivity index (χ1n) is 7.66. The van der Waals surface area contributed by atoms with E-state index < -0.39 is 5.60 Å². The lowest BCUT2D eigenvalue weighted by molar-refractivity contribution is -0.0406. The number of nitrogens with two attached hydrogens (primary N) is 1. The van der Waals surface area contributed by atoms with Crippen molar-refractivity contribution in [2.24, 2.45) is 5.92 Å². The molecule has 0 saturated heterocycles. The molecule has 2 saturated carbocycles. The topological polar surface area (TPSA) is 89.8 Å². The Morgan fingerprint density at radius 3 is 2.67 bits per heavy atom. The van der Waals surface area contributed by atoms with Crippen molar-refractivity contribution in [1.29, 1.82) is 0 Å². The SMILES string of the molecule is CC(C)(O)C1CC(n2nc(N)c3ncc(C4CC4)nc32)C1. The van der Waals surface area contributed by atoms with Crippen molar-refractivity contribution in [3.63, 3.8) is 0 Å². The van der Waals surface area contributed by atoms with Crippen LogP contribution < -0.4 is 5.73 Å². The van der Waals surface area contributed by atoms with Gasteiger partial charge in [-0.15, -0.1) is 0 Å². The molecule has 0 radical (unpaired) electrons. The van der Waals surface area contributed by atoms with Crippen LogP contribution in [0.3, 0.4) is 0 Å². The van der Waals surface area contributed by atoms with Crippen molar-refractivity contribution in [1.82, 2.24) is 19.7 Å². The maximum atomic E-state index is 10.1. The molecule has 4 rings (SSSR count). The molecule has 0 unspecified atom stereocenters. The minimum absolute atomic E-state index is 0.268. The van der Waals surface area contributed by atoms with Gasteiger partial charge in [-0.3, -0.25) is 0 Å². The summed E-state index contributed by atoms with van der Waals surface area (Å²) in [4.78, 5) is 9.19. The van der Waals surface area contributed by atoms with Crippen molar-refractivity contribution >= 4 is 17.0 Å². The average molecular weight is 287 g/mol. The Bertz CT molecular complexity index is 692. The van der Waals surface area contributed by atoms with Crippen LogP contribution in [0, 0.1) is 5.92 Å². The molecule has 2 heterocycles. The summed E-state index contributed by atoms with van der Waals surface area (Å²) in [5.74, 6) is 1.33. The van der Waals surface area contributed by atoms with E-state index in [1.807, 2.05) is 24.7 Å². The van der Waals surface area contributed by atoms with Crippen LogP contribution in [-0.4, -0.2) is 30.5 Å². The first kappa shape index (κ1) is 13.0. The van der Waals surface area contributed by atoms with Crippen molar-refractivity contribution in [2.45, 2.75) is 57.1 Å². The average Bonchev–Trinajstić information content (AvgIpc) is 3.13. The highest BCUT2D eigenvalue weighted by Crippen LogP contribution is 2.45. The van der Waals surface area contributed by atoms with Crippen molar-refractivity contribution < 1.29 is 5.11 Å². The second-order valence-electron chi connectivity index (χ2n) is 7.05. The fourth-order valence-corrected chi connectivity index (χ4v) is 3.14. The van der Waals surface area contributed by atoms with Gasteiger partial charge in [-0.25, -0.2) is 14.6 Å². The van der Waals surface area contributed by atoms with E-state index in [1.54, 1.807) is 0 Å². The summed E-state index contributed by atoms with van der Waals surface area (Å²) in [5, 5.41) is 14.5.